The van der Waals surface area contributed by atoms with Gasteiger partial charge in [-0.3, -0.25) is 4.79 Å². The van der Waals surface area contributed by atoms with E-state index in [1.54, 1.807) is 6.92 Å². The fourth-order valence-electron chi connectivity index (χ4n) is 1.68. The van der Waals surface area contributed by atoms with Crippen LogP contribution in [0.3, 0.4) is 0 Å². The van der Waals surface area contributed by atoms with Gasteiger partial charge in [0, 0.05) is 0 Å². The van der Waals surface area contributed by atoms with Crippen molar-refractivity contribution in [3.8, 4) is 5.75 Å². The highest BCUT2D eigenvalue weighted by atomic mass is 32.1. The zero-order valence-electron chi connectivity index (χ0n) is 12.2. The van der Waals surface area contributed by atoms with Gasteiger partial charge >= 0.3 is 0 Å². The number of carbonyl (C=O) groups excluding carboxylic acids is 1. The fraction of sp³-hybridized carbons (Fsp3) is 0.467. The molecule has 0 aliphatic carbocycles. The second-order valence-electron chi connectivity index (χ2n) is 4.97. The van der Waals surface area contributed by atoms with Crippen molar-refractivity contribution in [3.63, 3.8) is 0 Å². The molecule has 0 fully saturated rings. The van der Waals surface area contributed by atoms with E-state index in [1.165, 1.54) is 0 Å². The summed E-state index contributed by atoms with van der Waals surface area (Å²) in [5.41, 5.74) is 5.98. The number of carbonyl (C=O) groups is 1. The molecule has 0 saturated carbocycles. The van der Waals surface area contributed by atoms with Gasteiger partial charge in [0.25, 0.3) is 0 Å². The van der Waals surface area contributed by atoms with E-state index >= 15 is 0 Å². The van der Waals surface area contributed by atoms with Crippen molar-refractivity contribution in [2.45, 2.75) is 27.2 Å². The van der Waals surface area contributed by atoms with Crippen molar-refractivity contribution in [2.24, 2.45) is 11.1 Å². The molecule has 0 aliphatic rings. The maximum atomic E-state index is 12.1. The summed E-state index contributed by atoms with van der Waals surface area (Å²) in [7, 11) is 0. The first kappa shape index (κ1) is 16.4. The summed E-state index contributed by atoms with van der Waals surface area (Å²) in [5.74, 6) is 0.646. The van der Waals surface area contributed by atoms with Crippen LogP contribution in [0.2, 0.25) is 0 Å². The van der Waals surface area contributed by atoms with Crippen LogP contribution in [0, 0.1) is 12.3 Å². The normalized spacial score (nSPS) is 13.3. The third-order valence-corrected chi connectivity index (χ3v) is 3.85. The molecule has 3 N–H and O–H groups in total. The lowest BCUT2D eigenvalue weighted by Gasteiger charge is -2.25. The first-order chi connectivity index (χ1) is 9.40. The van der Waals surface area contributed by atoms with Crippen molar-refractivity contribution >= 4 is 23.1 Å². The molecule has 0 radical (unpaired) electrons. The first-order valence-corrected chi connectivity index (χ1v) is 7.08. The summed E-state index contributed by atoms with van der Waals surface area (Å²) in [6.45, 7) is 6.48. The highest BCUT2D eigenvalue weighted by Gasteiger charge is 2.34. The van der Waals surface area contributed by atoms with Crippen molar-refractivity contribution in [1.29, 1.82) is 0 Å². The van der Waals surface area contributed by atoms with Gasteiger partial charge in [-0.05, 0) is 38.0 Å². The van der Waals surface area contributed by atoms with Crippen LogP contribution in [0.25, 0.3) is 0 Å². The number of amides is 1. The molecule has 0 aromatic heterocycles. The van der Waals surface area contributed by atoms with Gasteiger partial charge in [0.05, 0.1) is 16.9 Å². The monoisotopic (exact) mass is 294 g/mol. The summed E-state index contributed by atoms with van der Waals surface area (Å²) in [4.78, 5) is 12.3. The summed E-state index contributed by atoms with van der Waals surface area (Å²) in [6.07, 6.45) is 0.576. The second kappa shape index (κ2) is 7.24. The Morgan fingerprint density at radius 1 is 1.50 bits per heavy atom. The van der Waals surface area contributed by atoms with Crippen LogP contribution in [-0.2, 0) is 4.79 Å². The lowest BCUT2D eigenvalue weighted by atomic mass is 9.86. The Balaban J connectivity index is 2.41. The average molecular weight is 294 g/mol. The summed E-state index contributed by atoms with van der Waals surface area (Å²) < 4.78 is 5.57. The number of hydrogen-bond acceptors (Lipinski definition) is 3. The highest BCUT2D eigenvalue weighted by Crippen LogP contribution is 2.21. The number of thiocarbonyl (C=S) groups is 1. The van der Waals surface area contributed by atoms with Crippen LogP contribution < -0.4 is 15.8 Å². The van der Waals surface area contributed by atoms with E-state index in [2.05, 4.69) is 5.32 Å². The van der Waals surface area contributed by atoms with Crippen molar-refractivity contribution in [3.05, 3.63) is 29.8 Å². The Morgan fingerprint density at radius 2 is 2.20 bits per heavy atom. The zero-order valence-corrected chi connectivity index (χ0v) is 13.0. The van der Waals surface area contributed by atoms with E-state index in [-0.39, 0.29) is 10.9 Å². The molecule has 0 bridgehead atoms. The van der Waals surface area contributed by atoms with Gasteiger partial charge < -0.3 is 15.8 Å². The van der Waals surface area contributed by atoms with Gasteiger partial charge in [0.1, 0.15) is 12.4 Å². The van der Waals surface area contributed by atoms with Gasteiger partial charge in [-0.1, -0.05) is 31.3 Å². The maximum absolute atomic E-state index is 12.1. The molecule has 1 atom stereocenters. The van der Waals surface area contributed by atoms with Crippen LogP contribution in [0.1, 0.15) is 25.8 Å². The van der Waals surface area contributed by atoms with Gasteiger partial charge in [-0.25, -0.2) is 0 Å². The van der Waals surface area contributed by atoms with Gasteiger partial charge in [-0.15, -0.1) is 0 Å². The predicted octanol–water partition coefficient (Wildman–Crippen LogP) is 2.19. The number of nitrogens with one attached hydrogen (secondary N) is 1. The molecular formula is C15H22N2O2S. The van der Waals surface area contributed by atoms with Crippen LogP contribution >= 0.6 is 12.2 Å². The van der Waals surface area contributed by atoms with Crippen molar-refractivity contribution < 1.29 is 9.53 Å². The van der Waals surface area contributed by atoms with Crippen LogP contribution in [-0.4, -0.2) is 24.0 Å². The van der Waals surface area contributed by atoms with Crippen molar-refractivity contribution in [1.82, 2.24) is 5.32 Å². The number of aryl methyl sites for hydroxylation is 1. The van der Waals surface area contributed by atoms with Crippen LogP contribution in [0.15, 0.2) is 24.3 Å². The fourth-order valence-corrected chi connectivity index (χ4v) is 1.92. The number of benzene rings is 1. The van der Waals surface area contributed by atoms with Gasteiger partial charge in [0.15, 0.2) is 0 Å². The molecule has 1 rings (SSSR count). The van der Waals surface area contributed by atoms with E-state index in [9.17, 15) is 4.79 Å². The van der Waals surface area contributed by atoms with E-state index in [4.69, 9.17) is 22.7 Å². The lowest BCUT2D eigenvalue weighted by molar-refractivity contribution is -0.127. The first-order valence-electron chi connectivity index (χ1n) is 6.68. The minimum atomic E-state index is -0.793. The minimum absolute atomic E-state index is 0.152. The van der Waals surface area contributed by atoms with Gasteiger partial charge in [0.2, 0.25) is 5.91 Å². The molecule has 20 heavy (non-hydrogen) atoms. The summed E-state index contributed by atoms with van der Waals surface area (Å²) in [5, 5.41) is 2.81. The molecule has 0 saturated heterocycles. The second-order valence-corrected chi connectivity index (χ2v) is 5.41. The molecule has 1 aromatic rings. The van der Waals surface area contributed by atoms with Crippen LogP contribution in [0.4, 0.5) is 0 Å². The minimum Gasteiger partial charge on any atom is -0.492 e. The van der Waals surface area contributed by atoms with E-state index in [0.29, 0.717) is 19.6 Å². The maximum Gasteiger partial charge on any atom is 0.232 e. The molecule has 1 amide bonds. The number of rotatable bonds is 7. The molecule has 0 heterocycles. The molecule has 0 spiro atoms. The molecule has 1 aromatic carbocycles. The molecular weight excluding hydrogens is 272 g/mol. The van der Waals surface area contributed by atoms with Crippen molar-refractivity contribution in [2.75, 3.05) is 13.2 Å². The highest BCUT2D eigenvalue weighted by molar-refractivity contribution is 7.80. The largest absolute Gasteiger partial charge is 0.492 e. The lowest BCUT2D eigenvalue weighted by Crippen LogP contribution is -2.47. The van der Waals surface area contributed by atoms with E-state index in [1.807, 2.05) is 38.1 Å². The molecule has 110 valence electrons. The Labute approximate surface area is 125 Å². The molecule has 5 heteroatoms. The predicted molar refractivity (Wildman–Crippen MR) is 84.9 cm³/mol. The summed E-state index contributed by atoms with van der Waals surface area (Å²) >= 11 is 4.96. The number of hydrogen-bond donors (Lipinski definition) is 2. The number of ether oxygens (including phenoxy) is 1. The molecule has 1 unspecified atom stereocenters. The van der Waals surface area contributed by atoms with Crippen LogP contribution in [0.5, 0.6) is 5.75 Å². The quantitative estimate of drug-likeness (QED) is 0.598. The third-order valence-electron chi connectivity index (χ3n) is 3.40. The Kier molecular flexibility index (Phi) is 5.95. The van der Waals surface area contributed by atoms with E-state index in [0.717, 1.165) is 11.3 Å². The third kappa shape index (κ3) is 4.20. The van der Waals surface area contributed by atoms with Gasteiger partial charge in [-0.2, -0.15) is 0 Å². The smallest absolute Gasteiger partial charge is 0.232 e. The average Bonchev–Trinajstić information content (AvgIpc) is 2.42. The molecule has 4 nitrogen and oxygen atoms in total. The Bertz CT molecular complexity index is 491. The topological polar surface area (TPSA) is 64.3 Å². The zero-order chi connectivity index (χ0) is 15.2. The summed E-state index contributed by atoms with van der Waals surface area (Å²) in [6, 6.07) is 7.78. The number of nitrogens with two attached hydrogens (primary N) is 1. The molecule has 0 aliphatic heterocycles. The standard InChI is InChI=1S/C15H22N2O2S/c1-4-15(3,13(16)20)14(18)17-8-9-19-12-7-5-6-11(2)10-12/h5-7,10H,4,8-9H2,1-3H3,(H2,16,20)(H,17,18). The Hall–Kier alpha value is -1.62. The Morgan fingerprint density at radius 3 is 2.75 bits per heavy atom. The SMILES string of the molecule is CCC(C)(C(=O)NCCOc1cccc(C)c1)C(N)=S. The van der Waals surface area contributed by atoms with E-state index < -0.39 is 5.41 Å².